The van der Waals surface area contributed by atoms with Gasteiger partial charge >= 0.3 is 16.6 Å². The molecular weight excluding hydrogens is 410 g/mol. The first-order valence-electron chi connectivity index (χ1n) is 6.84. The molecule has 2 heterocycles. The van der Waals surface area contributed by atoms with Gasteiger partial charge < -0.3 is 16.2 Å². The molecule has 1 aliphatic rings. The minimum Gasteiger partial charge on any atom is -0.448 e. The number of hydrogen-bond acceptors (Lipinski definition) is 11. The van der Waals surface area contributed by atoms with Gasteiger partial charge in [-0.2, -0.15) is 13.5 Å². The van der Waals surface area contributed by atoms with Crippen LogP contribution >= 0.6 is 11.3 Å². The molecule has 1 aliphatic heterocycles. The van der Waals surface area contributed by atoms with Gasteiger partial charge in [-0.1, -0.05) is 5.16 Å². The van der Waals surface area contributed by atoms with Crippen LogP contribution in [0.15, 0.2) is 10.5 Å². The molecule has 0 saturated carbocycles. The van der Waals surface area contributed by atoms with Crippen molar-refractivity contribution in [1.82, 2.24) is 15.4 Å². The zero-order chi connectivity index (χ0) is 20.6. The highest BCUT2D eigenvalue weighted by Gasteiger charge is 2.58. The van der Waals surface area contributed by atoms with Crippen molar-refractivity contribution in [2.24, 2.45) is 5.16 Å². The fourth-order valence-electron chi connectivity index (χ4n) is 2.10. The van der Waals surface area contributed by atoms with Gasteiger partial charge in [0.15, 0.2) is 10.8 Å². The van der Waals surface area contributed by atoms with E-state index in [4.69, 9.17) is 15.4 Å². The third-order valence-corrected chi connectivity index (χ3v) is 4.33. The summed E-state index contributed by atoms with van der Waals surface area (Å²) in [6.45, 7) is 2.69. The fourth-order valence-corrected chi connectivity index (χ4v) is 3.11. The molecule has 1 fully saturated rings. The minimum absolute atomic E-state index is 0.0635. The van der Waals surface area contributed by atoms with E-state index in [0.717, 1.165) is 11.3 Å². The van der Waals surface area contributed by atoms with Crippen molar-refractivity contribution < 1.29 is 41.6 Å². The number of thiazole rings is 1. The Morgan fingerprint density at radius 3 is 2.56 bits per heavy atom. The second-order valence-electron chi connectivity index (χ2n) is 5.56. The third kappa shape index (κ3) is 4.48. The smallest absolute Gasteiger partial charge is 0.448 e. The Morgan fingerprint density at radius 1 is 1.48 bits per heavy atom. The average molecular weight is 423 g/mol. The van der Waals surface area contributed by atoms with Gasteiger partial charge in [0.05, 0.1) is 5.54 Å². The molecule has 148 valence electrons. The normalized spacial score (nSPS) is 19.4. The van der Waals surface area contributed by atoms with Gasteiger partial charge in [-0.05, 0) is 13.8 Å². The van der Waals surface area contributed by atoms with Crippen LogP contribution in [-0.2, 0) is 29.1 Å². The van der Waals surface area contributed by atoms with E-state index in [1.54, 1.807) is 0 Å². The SMILES string of the molecule is CC1(C)[C@H](NC(=O)/C(=N\OC(=O)O)c2csc(N)n2)C(=O)N1OS(=O)(=O)O. The summed E-state index contributed by atoms with van der Waals surface area (Å²) in [5, 5.41) is 15.7. The predicted molar refractivity (Wildman–Crippen MR) is 87.7 cm³/mol. The number of hydrogen-bond donors (Lipinski definition) is 4. The number of amides is 2. The topological polar surface area (TPSA) is 211 Å². The van der Waals surface area contributed by atoms with Gasteiger partial charge in [0.25, 0.3) is 11.8 Å². The summed E-state index contributed by atoms with van der Waals surface area (Å²) in [6, 6.07) is -1.28. The summed E-state index contributed by atoms with van der Waals surface area (Å²) < 4.78 is 34.4. The van der Waals surface area contributed by atoms with Crippen LogP contribution in [0.3, 0.4) is 0 Å². The van der Waals surface area contributed by atoms with E-state index in [9.17, 15) is 22.8 Å². The maximum absolute atomic E-state index is 12.4. The zero-order valence-corrected chi connectivity index (χ0v) is 15.3. The Labute approximate surface area is 155 Å². The number of nitrogen functional groups attached to an aromatic ring is 1. The van der Waals surface area contributed by atoms with Crippen molar-refractivity contribution in [2.75, 3.05) is 5.73 Å². The molecular formula is C11H13N5O9S2. The Morgan fingerprint density at radius 2 is 2.11 bits per heavy atom. The summed E-state index contributed by atoms with van der Waals surface area (Å²) in [6.07, 6.45) is -1.80. The van der Waals surface area contributed by atoms with Crippen LogP contribution in [0.25, 0.3) is 0 Å². The number of β-lactam (4-membered cyclic amide) rings is 1. The van der Waals surface area contributed by atoms with Crippen LogP contribution in [-0.4, -0.2) is 63.4 Å². The minimum atomic E-state index is -4.95. The molecule has 14 nitrogen and oxygen atoms in total. The lowest BCUT2D eigenvalue weighted by Gasteiger charge is -2.50. The number of carboxylic acid groups (broad SMARTS) is 1. The Hall–Kier alpha value is -2.82. The molecule has 2 rings (SSSR count). The highest BCUT2D eigenvalue weighted by atomic mass is 32.3. The summed E-state index contributed by atoms with van der Waals surface area (Å²) in [5.41, 5.74) is 3.40. The van der Waals surface area contributed by atoms with E-state index in [0.29, 0.717) is 5.06 Å². The van der Waals surface area contributed by atoms with E-state index >= 15 is 0 Å². The molecule has 0 bridgehead atoms. The van der Waals surface area contributed by atoms with Gasteiger partial charge in [-0.3, -0.25) is 19.0 Å². The number of nitrogens with one attached hydrogen (secondary N) is 1. The van der Waals surface area contributed by atoms with Crippen molar-refractivity contribution in [3.63, 3.8) is 0 Å². The molecule has 27 heavy (non-hydrogen) atoms. The first-order chi connectivity index (χ1) is 12.3. The molecule has 0 radical (unpaired) electrons. The number of rotatable bonds is 6. The van der Waals surface area contributed by atoms with Crippen molar-refractivity contribution in [3.05, 3.63) is 11.1 Å². The number of aromatic nitrogens is 1. The molecule has 1 saturated heterocycles. The average Bonchev–Trinajstić information content (AvgIpc) is 2.95. The van der Waals surface area contributed by atoms with Crippen molar-refractivity contribution >= 4 is 50.5 Å². The Balaban J connectivity index is 2.21. The lowest BCUT2D eigenvalue weighted by Crippen LogP contribution is -2.76. The van der Waals surface area contributed by atoms with Gasteiger partial charge in [0.1, 0.15) is 11.7 Å². The first-order valence-corrected chi connectivity index (χ1v) is 9.08. The second-order valence-corrected chi connectivity index (χ2v) is 7.46. The number of oxime groups is 1. The second kappa shape index (κ2) is 7.06. The van der Waals surface area contributed by atoms with E-state index in [1.807, 2.05) is 0 Å². The first kappa shape index (κ1) is 20.5. The maximum atomic E-state index is 12.4. The summed E-state index contributed by atoms with van der Waals surface area (Å²) in [4.78, 5) is 42.8. The van der Waals surface area contributed by atoms with Crippen LogP contribution in [0.2, 0.25) is 0 Å². The van der Waals surface area contributed by atoms with Crippen molar-refractivity contribution in [3.8, 4) is 0 Å². The van der Waals surface area contributed by atoms with Crippen LogP contribution < -0.4 is 11.1 Å². The van der Waals surface area contributed by atoms with Crippen molar-refractivity contribution in [1.29, 1.82) is 0 Å². The molecule has 0 aliphatic carbocycles. The van der Waals surface area contributed by atoms with Crippen LogP contribution in [0.4, 0.5) is 9.93 Å². The monoisotopic (exact) mass is 423 g/mol. The third-order valence-electron chi connectivity index (χ3n) is 3.32. The number of carbonyl (C=O) groups excluding carboxylic acids is 2. The molecule has 5 N–H and O–H groups in total. The molecule has 2 amide bonds. The number of anilines is 1. The summed E-state index contributed by atoms with van der Waals surface area (Å²) in [7, 11) is -4.95. The quantitative estimate of drug-likeness (QED) is 0.143. The molecule has 0 spiro atoms. The highest BCUT2D eigenvalue weighted by Crippen LogP contribution is 2.32. The van der Waals surface area contributed by atoms with E-state index in [1.165, 1.54) is 19.2 Å². The van der Waals surface area contributed by atoms with Crippen LogP contribution in [0, 0.1) is 0 Å². The molecule has 0 aromatic carbocycles. The van der Waals surface area contributed by atoms with E-state index < -0.39 is 45.7 Å². The summed E-state index contributed by atoms with van der Waals surface area (Å²) in [5.74, 6) is -2.03. The fraction of sp³-hybridized carbons (Fsp3) is 0.364. The lowest BCUT2D eigenvalue weighted by molar-refractivity contribution is -0.218. The molecule has 1 atom stereocenters. The molecule has 0 unspecified atom stereocenters. The van der Waals surface area contributed by atoms with Crippen molar-refractivity contribution in [2.45, 2.75) is 25.4 Å². The van der Waals surface area contributed by atoms with Crippen LogP contribution in [0.5, 0.6) is 0 Å². The Kier molecular flexibility index (Phi) is 5.36. The van der Waals surface area contributed by atoms with E-state index in [-0.39, 0.29) is 10.8 Å². The highest BCUT2D eigenvalue weighted by molar-refractivity contribution is 7.80. The van der Waals surface area contributed by atoms with Gasteiger partial charge in [0, 0.05) is 5.38 Å². The molecule has 16 heteroatoms. The van der Waals surface area contributed by atoms with Crippen LogP contribution in [0.1, 0.15) is 19.5 Å². The zero-order valence-electron chi connectivity index (χ0n) is 13.6. The van der Waals surface area contributed by atoms with Gasteiger partial charge in [0.2, 0.25) is 0 Å². The molecule has 1 aromatic heterocycles. The van der Waals surface area contributed by atoms with Gasteiger partial charge in [-0.15, -0.1) is 15.6 Å². The number of hydroxylamine groups is 2. The largest absolute Gasteiger partial charge is 0.532 e. The van der Waals surface area contributed by atoms with Gasteiger partial charge in [-0.25, -0.2) is 9.78 Å². The summed E-state index contributed by atoms with van der Waals surface area (Å²) >= 11 is 0.943. The number of nitrogens with zero attached hydrogens (tertiary/aromatic N) is 3. The Bertz CT molecular complexity index is 922. The van der Waals surface area contributed by atoms with E-state index in [2.05, 4.69) is 24.6 Å². The lowest BCUT2D eigenvalue weighted by atomic mass is 9.84. The standard InChI is InChI=1S/C11H13N5O9S2/c1-11(2)6(8(18)16(11)25-27(21,22)23)14-7(17)5(15-24-10(19)20)4-3-26-9(12)13-4/h3,6H,1-2H3,(H2,12,13)(H,14,17)(H,19,20)(H,21,22,23)/b15-5-/t6-/m1/s1. The number of nitrogens with two attached hydrogens (primary N) is 1. The molecule has 1 aromatic rings. The predicted octanol–water partition coefficient (Wildman–Crippen LogP) is -1.04. The number of carbonyl (C=O) groups is 3. The maximum Gasteiger partial charge on any atom is 0.532 e.